The first kappa shape index (κ1) is 11.0. The van der Waals surface area contributed by atoms with Gasteiger partial charge in [0.15, 0.2) is 0 Å². The Morgan fingerprint density at radius 3 is 3.00 bits per heavy atom. The van der Waals surface area contributed by atoms with Crippen LogP contribution in [-0.2, 0) is 14.3 Å². The Balaban J connectivity index is 2.36. The molecule has 5 nitrogen and oxygen atoms in total. The average molecular weight is 201 g/mol. The van der Waals surface area contributed by atoms with Crippen LogP contribution in [-0.4, -0.2) is 36.2 Å². The normalized spacial score (nSPS) is 23.0. The Labute approximate surface area is 82.4 Å². The van der Waals surface area contributed by atoms with Crippen LogP contribution < -0.4 is 5.32 Å². The van der Waals surface area contributed by atoms with Crippen molar-refractivity contribution in [3.05, 3.63) is 0 Å². The summed E-state index contributed by atoms with van der Waals surface area (Å²) in [4.78, 5) is 22.4. The summed E-state index contributed by atoms with van der Waals surface area (Å²) in [6.07, 6.45) is 0.948. The van der Waals surface area contributed by atoms with Crippen LogP contribution in [0.4, 0.5) is 0 Å². The summed E-state index contributed by atoms with van der Waals surface area (Å²) < 4.78 is 4.70. The minimum atomic E-state index is -0.497. The van der Waals surface area contributed by atoms with Gasteiger partial charge in [0.25, 0.3) is 0 Å². The van der Waals surface area contributed by atoms with E-state index in [4.69, 9.17) is 9.84 Å². The fourth-order valence-electron chi connectivity index (χ4n) is 1.27. The quantitative estimate of drug-likeness (QED) is 0.598. The maximum absolute atomic E-state index is 11.4. The standard InChI is InChI=1S/C9H15NO4/c1-6(2-4-11)8(12)10-7-3-5-14-9(7)13/h6-7,11H,2-5H2,1H3,(H,10,12). The van der Waals surface area contributed by atoms with Crippen molar-refractivity contribution in [3.63, 3.8) is 0 Å². The van der Waals surface area contributed by atoms with E-state index in [0.717, 1.165) is 0 Å². The van der Waals surface area contributed by atoms with Crippen LogP contribution in [0.25, 0.3) is 0 Å². The molecule has 0 saturated carbocycles. The topological polar surface area (TPSA) is 75.6 Å². The number of hydrogen-bond donors (Lipinski definition) is 2. The molecular formula is C9H15NO4. The second-order valence-corrected chi connectivity index (χ2v) is 3.43. The van der Waals surface area contributed by atoms with Gasteiger partial charge >= 0.3 is 5.97 Å². The van der Waals surface area contributed by atoms with Crippen LogP contribution >= 0.6 is 0 Å². The highest BCUT2D eigenvalue weighted by Gasteiger charge is 2.28. The summed E-state index contributed by atoms with van der Waals surface area (Å²) in [5.74, 6) is -0.842. The van der Waals surface area contributed by atoms with Crippen molar-refractivity contribution in [2.45, 2.75) is 25.8 Å². The molecule has 0 spiro atoms. The Morgan fingerprint density at radius 1 is 1.79 bits per heavy atom. The summed E-state index contributed by atoms with van der Waals surface area (Å²) in [6, 6.07) is -0.497. The Bertz CT molecular complexity index is 229. The van der Waals surface area contributed by atoms with E-state index in [2.05, 4.69) is 5.32 Å². The number of aliphatic hydroxyl groups excluding tert-OH is 1. The molecule has 80 valence electrons. The fourth-order valence-corrected chi connectivity index (χ4v) is 1.27. The van der Waals surface area contributed by atoms with E-state index in [1.165, 1.54) is 0 Å². The average Bonchev–Trinajstić information content (AvgIpc) is 2.52. The number of carbonyl (C=O) groups excluding carboxylic acids is 2. The predicted octanol–water partition coefficient (Wildman–Crippen LogP) is -0.563. The maximum Gasteiger partial charge on any atom is 0.328 e. The third-order valence-electron chi connectivity index (χ3n) is 2.26. The largest absolute Gasteiger partial charge is 0.464 e. The number of nitrogens with one attached hydrogen (secondary N) is 1. The molecule has 0 aromatic carbocycles. The van der Waals surface area contributed by atoms with Gasteiger partial charge in [0, 0.05) is 18.9 Å². The summed E-state index contributed by atoms with van der Waals surface area (Å²) >= 11 is 0. The summed E-state index contributed by atoms with van der Waals surface area (Å²) in [5, 5.41) is 11.2. The van der Waals surface area contributed by atoms with E-state index in [9.17, 15) is 9.59 Å². The van der Waals surface area contributed by atoms with Crippen molar-refractivity contribution >= 4 is 11.9 Å². The highest BCUT2D eigenvalue weighted by Crippen LogP contribution is 2.08. The summed E-state index contributed by atoms with van der Waals surface area (Å²) in [7, 11) is 0. The fraction of sp³-hybridized carbons (Fsp3) is 0.778. The smallest absolute Gasteiger partial charge is 0.328 e. The van der Waals surface area contributed by atoms with E-state index < -0.39 is 6.04 Å². The molecule has 1 heterocycles. The molecule has 0 aromatic heterocycles. The lowest BCUT2D eigenvalue weighted by Crippen LogP contribution is -2.40. The van der Waals surface area contributed by atoms with Crippen molar-refractivity contribution in [1.82, 2.24) is 5.32 Å². The van der Waals surface area contributed by atoms with E-state index in [1.54, 1.807) is 6.92 Å². The number of aliphatic hydroxyl groups is 1. The Hall–Kier alpha value is -1.10. The first-order valence-corrected chi connectivity index (χ1v) is 4.73. The highest BCUT2D eigenvalue weighted by atomic mass is 16.5. The minimum absolute atomic E-state index is 0.0241. The Morgan fingerprint density at radius 2 is 2.50 bits per heavy atom. The van der Waals surface area contributed by atoms with Gasteiger partial charge < -0.3 is 15.2 Å². The maximum atomic E-state index is 11.4. The monoisotopic (exact) mass is 201 g/mol. The second kappa shape index (κ2) is 4.95. The number of carbonyl (C=O) groups is 2. The van der Waals surface area contributed by atoms with Crippen LogP contribution in [0.3, 0.4) is 0 Å². The molecule has 1 aliphatic heterocycles. The zero-order valence-corrected chi connectivity index (χ0v) is 8.16. The lowest BCUT2D eigenvalue weighted by Gasteiger charge is -2.13. The van der Waals surface area contributed by atoms with E-state index in [0.29, 0.717) is 19.4 Å². The molecule has 0 bridgehead atoms. The number of cyclic esters (lactones) is 1. The molecule has 1 aliphatic rings. The molecule has 1 saturated heterocycles. The summed E-state index contributed by atoms with van der Waals surface area (Å²) in [6.45, 7) is 2.06. The van der Waals surface area contributed by atoms with Crippen LogP contribution in [0.1, 0.15) is 19.8 Å². The van der Waals surface area contributed by atoms with Gasteiger partial charge in [-0.1, -0.05) is 6.92 Å². The molecule has 14 heavy (non-hydrogen) atoms. The van der Waals surface area contributed by atoms with Gasteiger partial charge in [-0.05, 0) is 6.42 Å². The third kappa shape index (κ3) is 2.70. The molecule has 0 radical (unpaired) electrons. The highest BCUT2D eigenvalue weighted by molar-refractivity contribution is 5.86. The second-order valence-electron chi connectivity index (χ2n) is 3.43. The lowest BCUT2D eigenvalue weighted by atomic mass is 10.1. The molecule has 1 fully saturated rings. The van der Waals surface area contributed by atoms with Gasteiger partial charge in [-0.15, -0.1) is 0 Å². The molecule has 2 N–H and O–H groups in total. The van der Waals surface area contributed by atoms with Crippen molar-refractivity contribution in [1.29, 1.82) is 0 Å². The van der Waals surface area contributed by atoms with E-state index >= 15 is 0 Å². The van der Waals surface area contributed by atoms with E-state index in [-0.39, 0.29) is 24.4 Å². The van der Waals surface area contributed by atoms with Crippen LogP contribution in [0, 0.1) is 5.92 Å². The van der Waals surface area contributed by atoms with Gasteiger partial charge in [0.05, 0.1) is 6.61 Å². The first-order valence-electron chi connectivity index (χ1n) is 4.73. The zero-order chi connectivity index (χ0) is 10.6. The van der Waals surface area contributed by atoms with Gasteiger partial charge in [-0.2, -0.15) is 0 Å². The van der Waals surface area contributed by atoms with Crippen molar-refractivity contribution < 1.29 is 19.4 Å². The molecule has 2 unspecified atom stereocenters. The van der Waals surface area contributed by atoms with E-state index in [1.807, 2.05) is 0 Å². The molecule has 0 aliphatic carbocycles. The SMILES string of the molecule is CC(CCO)C(=O)NC1CCOC1=O. The first-order chi connectivity index (χ1) is 6.65. The molecule has 0 aromatic rings. The molecule has 1 amide bonds. The molecular weight excluding hydrogens is 186 g/mol. The molecule has 5 heteroatoms. The van der Waals surface area contributed by atoms with Gasteiger partial charge in [0.2, 0.25) is 5.91 Å². The van der Waals surface area contributed by atoms with Crippen molar-refractivity contribution in [2.24, 2.45) is 5.92 Å². The molecule has 1 rings (SSSR count). The van der Waals surface area contributed by atoms with Gasteiger partial charge in [-0.25, -0.2) is 4.79 Å². The predicted molar refractivity (Wildman–Crippen MR) is 48.4 cm³/mol. The lowest BCUT2D eigenvalue weighted by molar-refractivity contribution is -0.141. The van der Waals surface area contributed by atoms with Gasteiger partial charge in [0.1, 0.15) is 6.04 Å². The van der Waals surface area contributed by atoms with Crippen molar-refractivity contribution in [2.75, 3.05) is 13.2 Å². The van der Waals surface area contributed by atoms with Crippen LogP contribution in [0.5, 0.6) is 0 Å². The van der Waals surface area contributed by atoms with Crippen molar-refractivity contribution in [3.8, 4) is 0 Å². The number of esters is 1. The third-order valence-corrected chi connectivity index (χ3v) is 2.26. The zero-order valence-electron chi connectivity index (χ0n) is 8.16. The van der Waals surface area contributed by atoms with Gasteiger partial charge in [-0.3, -0.25) is 4.79 Å². The number of amides is 1. The number of hydrogen-bond acceptors (Lipinski definition) is 4. The Kier molecular flexibility index (Phi) is 3.88. The minimum Gasteiger partial charge on any atom is -0.464 e. The van der Waals surface area contributed by atoms with Crippen LogP contribution in [0.15, 0.2) is 0 Å². The summed E-state index contributed by atoms with van der Waals surface area (Å²) in [5.41, 5.74) is 0. The number of ether oxygens (including phenoxy) is 1. The number of rotatable bonds is 4. The molecule has 2 atom stereocenters. The van der Waals surface area contributed by atoms with Crippen LogP contribution in [0.2, 0.25) is 0 Å².